The van der Waals surface area contributed by atoms with Gasteiger partial charge in [-0.25, -0.2) is 9.97 Å². The second-order valence-corrected chi connectivity index (χ2v) is 7.00. The molecule has 4 rings (SSSR count). The predicted molar refractivity (Wildman–Crippen MR) is 98.3 cm³/mol. The molecule has 1 fully saturated rings. The third-order valence-electron chi connectivity index (χ3n) is 5.35. The summed E-state index contributed by atoms with van der Waals surface area (Å²) in [5, 5.41) is 9.05. The number of hydrogen-bond acceptors (Lipinski definition) is 5. The van der Waals surface area contributed by atoms with Gasteiger partial charge in [0.05, 0.1) is 29.6 Å². The van der Waals surface area contributed by atoms with Crippen molar-refractivity contribution >= 4 is 16.7 Å². The van der Waals surface area contributed by atoms with E-state index >= 15 is 0 Å². The molecule has 1 N–H and O–H groups in total. The molecule has 3 aromatic rings. The van der Waals surface area contributed by atoms with Gasteiger partial charge < -0.3 is 9.88 Å². The Kier molecular flexibility index (Phi) is 4.17. The van der Waals surface area contributed by atoms with Gasteiger partial charge in [-0.15, -0.1) is 0 Å². The highest BCUT2D eigenvalue weighted by atomic mass is 15.3. The van der Waals surface area contributed by atoms with Gasteiger partial charge in [0.1, 0.15) is 0 Å². The van der Waals surface area contributed by atoms with Crippen molar-refractivity contribution in [2.45, 2.75) is 18.9 Å². The Balaban J connectivity index is 1.57. The van der Waals surface area contributed by atoms with Crippen molar-refractivity contribution in [3.63, 3.8) is 0 Å². The number of nitrogens with zero attached hydrogens (tertiary/aromatic N) is 6. The first-order valence-electron chi connectivity index (χ1n) is 8.82. The molecule has 1 aliphatic rings. The number of aryl methyl sites for hydroxylation is 2. The van der Waals surface area contributed by atoms with E-state index in [9.17, 15) is 0 Å². The minimum atomic E-state index is 0.389. The monoisotopic (exact) mass is 339 g/mol. The van der Waals surface area contributed by atoms with E-state index in [1.165, 1.54) is 18.5 Å². The quantitative estimate of drug-likeness (QED) is 0.789. The average molecular weight is 339 g/mol. The summed E-state index contributed by atoms with van der Waals surface area (Å²) in [4.78, 5) is 11.2. The number of imidazole rings is 1. The second-order valence-electron chi connectivity index (χ2n) is 7.00. The third-order valence-corrected chi connectivity index (χ3v) is 5.35. The van der Waals surface area contributed by atoms with Crippen molar-refractivity contribution in [3.8, 4) is 0 Å². The summed E-state index contributed by atoms with van der Waals surface area (Å²) < 4.78 is 3.96. The van der Waals surface area contributed by atoms with E-state index in [-0.39, 0.29) is 0 Å². The number of aromatic nitrogens is 5. The van der Waals surface area contributed by atoms with Gasteiger partial charge in [0.25, 0.3) is 0 Å². The van der Waals surface area contributed by atoms with Crippen LogP contribution in [0.4, 0.5) is 5.69 Å². The first-order valence-corrected chi connectivity index (χ1v) is 8.82. The highest BCUT2D eigenvalue weighted by Gasteiger charge is 2.32. The fraction of sp³-hybridized carbons (Fsp3) is 0.500. The number of anilines is 1. The van der Waals surface area contributed by atoms with Crippen LogP contribution in [0.1, 0.15) is 24.6 Å². The highest BCUT2D eigenvalue weighted by molar-refractivity contribution is 5.88. The molecule has 132 valence electrons. The molecule has 0 spiro atoms. The molecular formula is C18H25N7. The van der Waals surface area contributed by atoms with Gasteiger partial charge in [0.2, 0.25) is 0 Å². The van der Waals surface area contributed by atoms with E-state index in [4.69, 9.17) is 0 Å². The molecule has 7 nitrogen and oxygen atoms in total. The second kappa shape index (κ2) is 6.48. The van der Waals surface area contributed by atoms with Gasteiger partial charge in [-0.2, -0.15) is 5.10 Å². The molecule has 25 heavy (non-hydrogen) atoms. The van der Waals surface area contributed by atoms with Gasteiger partial charge >= 0.3 is 0 Å². The smallest absolute Gasteiger partial charge is 0.159 e. The molecule has 0 aliphatic carbocycles. The molecule has 4 heterocycles. The van der Waals surface area contributed by atoms with E-state index in [1.54, 1.807) is 0 Å². The zero-order valence-corrected chi connectivity index (χ0v) is 15.1. The highest BCUT2D eigenvalue weighted by Crippen LogP contribution is 2.35. The Hall–Kier alpha value is -2.41. The van der Waals surface area contributed by atoms with E-state index < -0.39 is 0 Å². The summed E-state index contributed by atoms with van der Waals surface area (Å²) in [6.07, 6.45) is 10.1. The SMILES string of the molecule is CN1CCC[C@@H](CNc2ccnc3c2cnn3C)[C@@H]1c1cncn1C. The average Bonchev–Trinajstić information content (AvgIpc) is 3.20. The molecule has 0 saturated carbocycles. The van der Waals surface area contributed by atoms with Gasteiger partial charge in [0, 0.05) is 38.7 Å². The van der Waals surface area contributed by atoms with Crippen molar-refractivity contribution in [3.05, 3.63) is 36.7 Å². The van der Waals surface area contributed by atoms with Gasteiger partial charge in [-0.05, 0) is 38.4 Å². The van der Waals surface area contributed by atoms with Crippen LogP contribution in [0.3, 0.4) is 0 Å². The molecular weight excluding hydrogens is 314 g/mol. The number of likely N-dealkylation sites (tertiary alicyclic amines) is 1. The first kappa shape index (κ1) is 16.1. The lowest BCUT2D eigenvalue weighted by Gasteiger charge is -2.39. The van der Waals surface area contributed by atoms with E-state index in [1.807, 2.05) is 42.7 Å². The van der Waals surface area contributed by atoms with Crippen molar-refractivity contribution in [1.82, 2.24) is 29.2 Å². The molecule has 7 heteroatoms. The van der Waals surface area contributed by atoms with Crippen molar-refractivity contribution in [2.24, 2.45) is 20.0 Å². The van der Waals surface area contributed by atoms with Crippen LogP contribution < -0.4 is 5.32 Å². The van der Waals surface area contributed by atoms with Gasteiger partial charge in [0.15, 0.2) is 5.65 Å². The summed E-state index contributed by atoms with van der Waals surface area (Å²) >= 11 is 0. The fourth-order valence-corrected chi connectivity index (χ4v) is 4.03. The summed E-state index contributed by atoms with van der Waals surface area (Å²) in [7, 11) is 6.22. The molecule has 0 radical (unpaired) electrons. The van der Waals surface area contributed by atoms with Gasteiger partial charge in [-0.1, -0.05) is 0 Å². The maximum absolute atomic E-state index is 4.42. The Labute approximate surface area is 147 Å². The number of hydrogen-bond donors (Lipinski definition) is 1. The zero-order valence-electron chi connectivity index (χ0n) is 15.1. The molecule has 0 unspecified atom stereocenters. The largest absolute Gasteiger partial charge is 0.384 e. The maximum atomic E-state index is 4.42. The van der Waals surface area contributed by atoms with E-state index in [0.29, 0.717) is 12.0 Å². The number of fused-ring (bicyclic) bond motifs is 1. The molecule has 0 aromatic carbocycles. The lowest BCUT2D eigenvalue weighted by molar-refractivity contribution is 0.122. The zero-order chi connectivity index (χ0) is 17.4. The van der Waals surface area contributed by atoms with Crippen LogP contribution in [0, 0.1) is 5.92 Å². The topological polar surface area (TPSA) is 63.8 Å². The summed E-state index contributed by atoms with van der Waals surface area (Å²) in [6.45, 7) is 2.06. The fourth-order valence-electron chi connectivity index (χ4n) is 4.03. The predicted octanol–water partition coefficient (Wildman–Crippen LogP) is 2.20. The molecule has 0 bridgehead atoms. The molecule has 1 aliphatic heterocycles. The van der Waals surface area contributed by atoms with Crippen LogP contribution in [0.25, 0.3) is 11.0 Å². The summed E-state index contributed by atoms with van der Waals surface area (Å²) in [5.74, 6) is 0.536. The number of pyridine rings is 1. The molecule has 3 aromatic heterocycles. The maximum Gasteiger partial charge on any atom is 0.159 e. The van der Waals surface area contributed by atoms with Gasteiger partial charge in [-0.3, -0.25) is 9.58 Å². The Morgan fingerprint density at radius 3 is 2.92 bits per heavy atom. The minimum Gasteiger partial charge on any atom is -0.384 e. The number of nitrogens with one attached hydrogen (secondary N) is 1. The van der Waals surface area contributed by atoms with Crippen LogP contribution in [0.2, 0.25) is 0 Å². The Bertz CT molecular complexity index is 865. The van der Waals surface area contributed by atoms with E-state index in [2.05, 4.69) is 43.9 Å². The number of piperidine rings is 1. The Morgan fingerprint density at radius 1 is 1.24 bits per heavy atom. The first-order chi connectivity index (χ1) is 12.1. The van der Waals surface area contributed by atoms with Crippen LogP contribution >= 0.6 is 0 Å². The summed E-state index contributed by atoms with van der Waals surface area (Å²) in [5.41, 5.74) is 3.30. The van der Waals surface area contributed by atoms with Crippen molar-refractivity contribution in [2.75, 3.05) is 25.5 Å². The molecule has 1 saturated heterocycles. The van der Waals surface area contributed by atoms with Crippen LogP contribution in [-0.2, 0) is 14.1 Å². The molecule has 2 atom stereocenters. The lowest BCUT2D eigenvalue weighted by Crippen LogP contribution is -2.39. The van der Waals surface area contributed by atoms with Crippen LogP contribution in [-0.4, -0.2) is 49.4 Å². The van der Waals surface area contributed by atoms with Crippen LogP contribution in [0.15, 0.2) is 31.0 Å². The summed E-state index contributed by atoms with van der Waals surface area (Å²) in [6, 6.07) is 2.43. The van der Waals surface area contributed by atoms with Crippen molar-refractivity contribution in [1.29, 1.82) is 0 Å². The third kappa shape index (κ3) is 2.89. The number of rotatable bonds is 4. The minimum absolute atomic E-state index is 0.389. The van der Waals surface area contributed by atoms with E-state index in [0.717, 1.165) is 29.8 Å². The molecule has 0 amide bonds. The standard InChI is InChI=1S/C18H25N7/c1-23-8-4-5-13(17(23)16-11-19-12-24(16)2)9-21-15-6-7-20-18-14(15)10-22-25(18)3/h6-7,10-13,17H,4-5,8-9H2,1-3H3,(H,20,21)/t13-,17+/m0/s1. The Morgan fingerprint density at radius 2 is 2.12 bits per heavy atom. The lowest BCUT2D eigenvalue weighted by atomic mass is 9.87. The van der Waals surface area contributed by atoms with Crippen LogP contribution in [0.5, 0.6) is 0 Å². The van der Waals surface area contributed by atoms with Crippen molar-refractivity contribution < 1.29 is 0 Å². The normalized spacial score (nSPS) is 21.7.